The van der Waals surface area contributed by atoms with Gasteiger partial charge in [-0.05, 0) is 38.8 Å². The maximum Gasteiger partial charge on any atom is 0.243 e. The van der Waals surface area contributed by atoms with Crippen molar-refractivity contribution in [1.82, 2.24) is 5.32 Å². The molecule has 4 N–H and O–H groups in total. The summed E-state index contributed by atoms with van der Waals surface area (Å²) in [5.74, 6) is -0.582. The van der Waals surface area contributed by atoms with Crippen molar-refractivity contribution < 1.29 is 14.3 Å². The lowest BCUT2D eigenvalue weighted by molar-refractivity contribution is -0.170. The molecule has 1 saturated carbocycles. The fourth-order valence-corrected chi connectivity index (χ4v) is 3.70. The minimum absolute atomic E-state index is 0.0464. The summed E-state index contributed by atoms with van der Waals surface area (Å²) in [5, 5.41) is 5.56. The third-order valence-corrected chi connectivity index (χ3v) is 5.59. The van der Waals surface area contributed by atoms with E-state index in [0.29, 0.717) is 13.0 Å². The number of ether oxygens (including phenoxy) is 1. The SMILES string of the molecule is CCOC1CC(N)(C(=O)NCC(=O)Nc2c(C)cc(C)cc2C)C1(C)C. The van der Waals surface area contributed by atoms with Gasteiger partial charge in [0.15, 0.2) is 0 Å². The Morgan fingerprint density at radius 1 is 1.23 bits per heavy atom. The number of aryl methyl sites for hydroxylation is 3. The average molecular weight is 361 g/mol. The lowest BCUT2D eigenvalue weighted by atomic mass is 9.54. The van der Waals surface area contributed by atoms with Crippen LogP contribution in [0.4, 0.5) is 5.69 Å². The van der Waals surface area contributed by atoms with Crippen molar-refractivity contribution in [3.63, 3.8) is 0 Å². The van der Waals surface area contributed by atoms with Crippen molar-refractivity contribution in [2.24, 2.45) is 11.1 Å². The van der Waals surface area contributed by atoms with Crippen LogP contribution >= 0.6 is 0 Å². The molecule has 1 aliphatic carbocycles. The molecule has 6 heteroatoms. The zero-order valence-electron chi connectivity index (χ0n) is 16.7. The van der Waals surface area contributed by atoms with Crippen LogP contribution in [0.3, 0.4) is 0 Å². The Morgan fingerprint density at radius 3 is 2.31 bits per heavy atom. The van der Waals surface area contributed by atoms with Gasteiger partial charge in [-0.3, -0.25) is 9.59 Å². The van der Waals surface area contributed by atoms with Crippen LogP contribution in [0.1, 0.15) is 43.9 Å². The number of nitrogens with two attached hydrogens (primary N) is 1. The normalized spacial score (nSPS) is 23.9. The fraction of sp³-hybridized carbons (Fsp3) is 0.600. The Hall–Kier alpha value is -1.92. The van der Waals surface area contributed by atoms with E-state index in [2.05, 4.69) is 10.6 Å². The molecule has 2 atom stereocenters. The molecule has 2 rings (SSSR count). The van der Waals surface area contributed by atoms with Crippen molar-refractivity contribution >= 4 is 17.5 Å². The molecule has 0 aromatic heterocycles. The van der Waals surface area contributed by atoms with E-state index in [1.54, 1.807) is 0 Å². The molecule has 0 spiro atoms. The van der Waals surface area contributed by atoms with Crippen LogP contribution in [0.25, 0.3) is 0 Å². The highest BCUT2D eigenvalue weighted by molar-refractivity contribution is 5.97. The van der Waals surface area contributed by atoms with E-state index in [4.69, 9.17) is 10.5 Å². The van der Waals surface area contributed by atoms with Gasteiger partial charge in [0.05, 0.1) is 12.6 Å². The van der Waals surface area contributed by atoms with E-state index in [0.717, 1.165) is 22.4 Å². The molecule has 1 aromatic carbocycles. The number of anilines is 1. The fourth-order valence-electron chi connectivity index (χ4n) is 3.70. The molecule has 0 heterocycles. The molecule has 0 radical (unpaired) electrons. The van der Waals surface area contributed by atoms with Gasteiger partial charge in [0.2, 0.25) is 11.8 Å². The second kappa shape index (κ2) is 7.37. The minimum Gasteiger partial charge on any atom is -0.378 e. The number of carbonyl (C=O) groups is 2. The van der Waals surface area contributed by atoms with Gasteiger partial charge in [0.1, 0.15) is 5.54 Å². The first-order chi connectivity index (χ1) is 12.0. The number of rotatable bonds is 6. The molecule has 0 aliphatic heterocycles. The standard InChI is InChI=1S/C20H31N3O3/c1-7-26-15-10-20(21,19(15,5)6)18(25)22-11-16(24)23-17-13(3)8-12(2)9-14(17)4/h8-9,15H,7,10-11,21H2,1-6H3,(H,22,25)(H,23,24). The second-order valence-electron chi connectivity index (χ2n) is 7.85. The molecule has 2 amide bonds. The van der Waals surface area contributed by atoms with Gasteiger partial charge < -0.3 is 21.1 Å². The molecule has 0 saturated heterocycles. The van der Waals surface area contributed by atoms with Crippen LogP contribution in [-0.4, -0.2) is 36.6 Å². The first kappa shape index (κ1) is 20.4. The van der Waals surface area contributed by atoms with Crippen LogP contribution in [0.2, 0.25) is 0 Å². The Morgan fingerprint density at radius 2 is 1.81 bits per heavy atom. The van der Waals surface area contributed by atoms with Crippen molar-refractivity contribution in [2.45, 2.75) is 59.6 Å². The first-order valence-corrected chi connectivity index (χ1v) is 9.09. The average Bonchev–Trinajstić information content (AvgIpc) is 2.55. The summed E-state index contributed by atoms with van der Waals surface area (Å²) in [7, 11) is 0. The van der Waals surface area contributed by atoms with Crippen LogP contribution < -0.4 is 16.4 Å². The molecule has 0 bridgehead atoms. The summed E-state index contributed by atoms with van der Waals surface area (Å²) < 4.78 is 5.64. The number of nitrogens with one attached hydrogen (secondary N) is 2. The number of amides is 2. The van der Waals surface area contributed by atoms with Gasteiger partial charge in [-0.15, -0.1) is 0 Å². The minimum atomic E-state index is -1.02. The van der Waals surface area contributed by atoms with E-state index in [1.165, 1.54) is 0 Å². The monoisotopic (exact) mass is 361 g/mol. The Kier molecular flexibility index (Phi) is 5.78. The topological polar surface area (TPSA) is 93.4 Å². The Bertz CT molecular complexity index is 691. The highest BCUT2D eigenvalue weighted by atomic mass is 16.5. The number of benzene rings is 1. The van der Waals surface area contributed by atoms with Crippen LogP contribution in [-0.2, 0) is 14.3 Å². The van der Waals surface area contributed by atoms with Crippen molar-refractivity contribution in [3.8, 4) is 0 Å². The van der Waals surface area contributed by atoms with E-state index in [1.807, 2.05) is 53.7 Å². The first-order valence-electron chi connectivity index (χ1n) is 9.09. The van der Waals surface area contributed by atoms with Crippen molar-refractivity contribution in [2.75, 3.05) is 18.5 Å². The predicted molar refractivity (Wildman–Crippen MR) is 103 cm³/mol. The molecule has 26 heavy (non-hydrogen) atoms. The summed E-state index contributed by atoms with van der Waals surface area (Å²) in [4.78, 5) is 24.9. The molecule has 144 valence electrons. The molecule has 1 fully saturated rings. The molecular formula is C20H31N3O3. The third kappa shape index (κ3) is 3.62. The predicted octanol–water partition coefficient (Wildman–Crippen LogP) is 2.20. The van der Waals surface area contributed by atoms with Gasteiger partial charge in [-0.25, -0.2) is 0 Å². The highest BCUT2D eigenvalue weighted by Crippen LogP contribution is 2.49. The zero-order valence-corrected chi connectivity index (χ0v) is 16.7. The van der Waals surface area contributed by atoms with Crippen LogP contribution in [0.5, 0.6) is 0 Å². The van der Waals surface area contributed by atoms with E-state index in [9.17, 15) is 9.59 Å². The summed E-state index contributed by atoms with van der Waals surface area (Å²) in [6, 6.07) is 4.03. The number of hydrogen-bond acceptors (Lipinski definition) is 4. The maximum absolute atomic E-state index is 12.6. The third-order valence-electron chi connectivity index (χ3n) is 5.59. The van der Waals surface area contributed by atoms with Gasteiger partial charge in [-0.2, -0.15) is 0 Å². The Labute approximate surface area is 155 Å². The lowest BCUT2D eigenvalue weighted by Gasteiger charge is -2.57. The van der Waals surface area contributed by atoms with Gasteiger partial charge in [0.25, 0.3) is 0 Å². The van der Waals surface area contributed by atoms with Crippen molar-refractivity contribution in [1.29, 1.82) is 0 Å². The summed E-state index contributed by atoms with van der Waals surface area (Å²) in [5.41, 5.74) is 8.75. The molecule has 2 unspecified atom stereocenters. The smallest absolute Gasteiger partial charge is 0.243 e. The molecule has 1 aliphatic rings. The lowest BCUT2D eigenvalue weighted by Crippen LogP contribution is -2.76. The maximum atomic E-state index is 12.6. The van der Waals surface area contributed by atoms with E-state index >= 15 is 0 Å². The molecular weight excluding hydrogens is 330 g/mol. The number of hydrogen-bond donors (Lipinski definition) is 3. The van der Waals surface area contributed by atoms with E-state index < -0.39 is 11.0 Å². The van der Waals surface area contributed by atoms with Gasteiger partial charge in [0, 0.05) is 24.1 Å². The summed E-state index contributed by atoms with van der Waals surface area (Å²) in [6.07, 6.45) is 0.409. The van der Waals surface area contributed by atoms with Crippen LogP contribution in [0.15, 0.2) is 12.1 Å². The molecule has 6 nitrogen and oxygen atoms in total. The van der Waals surface area contributed by atoms with E-state index in [-0.39, 0.29) is 24.5 Å². The van der Waals surface area contributed by atoms with Crippen molar-refractivity contribution in [3.05, 3.63) is 28.8 Å². The van der Waals surface area contributed by atoms with Gasteiger partial charge in [-0.1, -0.05) is 31.5 Å². The highest BCUT2D eigenvalue weighted by Gasteiger charge is 2.62. The quantitative estimate of drug-likeness (QED) is 0.724. The Balaban J connectivity index is 1.95. The van der Waals surface area contributed by atoms with Crippen LogP contribution in [0, 0.1) is 26.2 Å². The summed E-state index contributed by atoms with van der Waals surface area (Å²) >= 11 is 0. The number of carbonyl (C=O) groups excluding carboxylic acids is 2. The largest absolute Gasteiger partial charge is 0.378 e. The molecule has 1 aromatic rings. The zero-order chi connectivity index (χ0) is 19.7. The summed E-state index contributed by atoms with van der Waals surface area (Å²) in [6.45, 7) is 12.2. The van der Waals surface area contributed by atoms with Gasteiger partial charge >= 0.3 is 0 Å². The second-order valence-corrected chi connectivity index (χ2v) is 7.85.